The maximum atomic E-state index is 13.0. The molecule has 0 spiro atoms. The van der Waals surface area contributed by atoms with E-state index in [1.54, 1.807) is 24.3 Å². The summed E-state index contributed by atoms with van der Waals surface area (Å²) in [6.45, 7) is 3.57. The summed E-state index contributed by atoms with van der Waals surface area (Å²) in [6, 6.07) is 18.3. The Labute approximate surface area is 217 Å². The Morgan fingerprint density at radius 3 is 2.46 bits per heavy atom. The topological polar surface area (TPSA) is 117 Å². The van der Waals surface area contributed by atoms with Crippen LogP contribution in [0.2, 0.25) is 0 Å². The summed E-state index contributed by atoms with van der Waals surface area (Å²) >= 11 is 0. The molecule has 9 heteroatoms. The van der Waals surface area contributed by atoms with E-state index in [1.165, 1.54) is 0 Å². The number of carbonyl (C=O) groups is 2. The van der Waals surface area contributed by atoms with E-state index in [-0.39, 0.29) is 17.4 Å². The van der Waals surface area contributed by atoms with Crippen LogP contribution in [-0.2, 0) is 27.8 Å². The van der Waals surface area contributed by atoms with Crippen LogP contribution in [0.25, 0.3) is 10.8 Å². The number of anilines is 1. The summed E-state index contributed by atoms with van der Waals surface area (Å²) in [5, 5.41) is 10.5. The first-order valence-electron chi connectivity index (χ1n) is 12.3. The molecule has 3 aromatic carbocycles. The maximum absolute atomic E-state index is 13.0. The molecule has 0 radical (unpaired) electrons. The molecular formula is C28H29N3O5S. The molecule has 1 saturated heterocycles. The van der Waals surface area contributed by atoms with Gasteiger partial charge in [-0.25, -0.2) is 13.8 Å². The third kappa shape index (κ3) is 6.09. The Bertz CT molecular complexity index is 1480. The lowest BCUT2D eigenvalue weighted by molar-refractivity contribution is -0.117. The van der Waals surface area contributed by atoms with Gasteiger partial charge in [0.25, 0.3) is 5.91 Å². The minimum atomic E-state index is -4.12. The van der Waals surface area contributed by atoms with E-state index in [4.69, 9.17) is 10.00 Å². The van der Waals surface area contributed by atoms with Crippen molar-refractivity contribution in [2.45, 2.75) is 46.0 Å². The molecule has 0 aromatic heterocycles. The predicted molar refractivity (Wildman–Crippen MR) is 141 cm³/mol. The Kier molecular flexibility index (Phi) is 7.79. The zero-order valence-corrected chi connectivity index (χ0v) is 21.7. The summed E-state index contributed by atoms with van der Waals surface area (Å²) in [5.41, 5.74) is 2.55. The maximum Gasteiger partial charge on any atom is 0.343 e. The second kappa shape index (κ2) is 11.0. The summed E-state index contributed by atoms with van der Waals surface area (Å²) in [5.74, 6) is -1.33. The molecule has 1 N–H and O–H groups in total. The molecular weight excluding hydrogens is 490 g/mol. The minimum Gasteiger partial charge on any atom is -0.421 e. The molecule has 3 aromatic rings. The van der Waals surface area contributed by atoms with E-state index in [0.717, 1.165) is 45.5 Å². The quantitative estimate of drug-likeness (QED) is 0.324. The standard InChI is InChI=1S/C28H29N3O5S/c1-3-4-5-20-8-11-22(12-9-20)28(33)36-26-16-23-13-10-21(7-6-19(2)17-29)14-24(23)15-25(26)31-18-27(32)30-37(31,34)35/h8-16,19H,3-7,18H2,1-2H3,(H,30,32). The number of carbonyl (C=O) groups excluding carboxylic acids is 2. The van der Waals surface area contributed by atoms with Gasteiger partial charge in [0.1, 0.15) is 6.54 Å². The van der Waals surface area contributed by atoms with Crippen molar-refractivity contribution in [3.8, 4) is 11.8 Å². The van der Waals surface area contributed by atoms with Crippen LogP contribution in [0.3, 0.4) is 0 Å². The van der Waals surface area contributed by atoms with Crippen LogP contribution in [-0.4, -0.2) is 26.8 Å². The van der Waals surface area contributed by atoms with Gasteiger partial charge in [-0.05, 0) is 78.8 Å². The number of nitrogens with one attached hydrogen (secondary N) is 1. The smallest absolute Gasteiger partial charge is 0.343 e. The summed E-state index contributed by atoms with van der Waals surface area (Å²) in [7, 11) is -4.12. The van der Waals surface area contributed by atoms with Gasteiger partial charge < -0.3 is 4.74 Å². The van der Waals surface area contributed by atoms with E-state index < -0.39 is 28.6 Å². The fourth-order valence-electron chi connectivity index (χ4n) is 4.20. The van der Waals surface area contributed by atoms with Crippen LogP contribution in [0.4, 0.5) is 5.69 Å². The van der Waals surface area contributed by atoms with Gasteiger partial charge in [0, 0.05) is 5.92 Å². The SMILES string of the molecule is CCCCc1ccc(C(=O)Oc2cc3ccc(CCC(C)C#N)cc3cc2N2CC(=O)NS2(=O)=O)cc1. The van der Waals surface area contributed by atoms with Gasteiger partial charge in [-0.1, -0.05) is 43.7 Å². The largest absolute Gasteiger partial charge is 0.421 e. The van der Waals surface area contributed by atoms with E-state index in [2.05, 4.69) is 13.0 Å². The molecule has 1 heterocycles. The Morgan fingerprint density at radius 1 is 1.08 bits per heavy atom. The number of esters is 1. The number of amides is 1. The molecule has 1 fully saturated rings. The van der Waals surface area contributed by atoms with Crippen LogP contribution in [0.15, 0.2) is 54.6 Å². The first-order chi connectivity index (χ1) is 17.7. The second-order valence-electron chi connectivity index (χ2n) is 9.30. The number of hydrogen-bond acceptors (Lipinski definition) is 6. The number of ether oxygens (including phenoxy) is 1. The van der Waals surface area contributed by atoms with Crippen molar-refractivity contribution in [1.82, 2.24) is 4.72 Å². The molecule has 4 rings (SSSR count). The molecule has 1 unspecified atom stereocenters. The summed E-state index contributed by atoms with van der Waals surface area (Å²) in [6.07, 6.45) is 4.44. The lowest BCUT2D eigenvalue weighted by Gasteiger charge is -2.19. The van der Waals surface area contributed by atoms with Crippen molar-refractivity contribution < 1.29 is 22.7 Å². The van der Waals surface area contributed by atoms with Crippen LogP contribution < -0.4 is 13.8 Å². The van der Waals surface area contributed by atoms with E-state index in [1.807, 2.05) is 42.0 Å². The molecule has 0 aliphatic carbocycles. The molecule has 1 atom stereocenters. The number of fused-ring (bicyclic) bond motifs is 1. The lowest BCUT2D eigenvalue weighted by atomic mass is 9.99. The van der Waals surface area contributed by atoms with Crippen LogP contribution in [0.1, 0.15) is 54.6 Å². The van der Waals surface area contributed by atoms with Gasteiger partial charge in [0.05, 0.1) is 17.3 Å². The molecule has 1 aliphatic rings. The molecule has 192 valence electrons. The average molecular weight is 520 g/mol. The first-order valence-corrected chi connectivity index (χ1v) is 13.7. The number of nitrogens with zero attached hydrogens (tertiary/aromatic N) is 2. The molecule has 0 bridgehead atoms. The van der Waals surface area contributed by atoms with Crippen molar-refractivity contribution in [3.63, 3.8) is 0 Å². The highest BCUT2D eigenvalue weighted by Gasteiger charge is 2.36. The van der Waals surface area contributed by atoms with Gasteiger partial charge in [0.15, 0.2) is 5.75 Å². The molecule has 1 aliphatic heterocycles. The average Bonchev–Trinajstić information content (AvgIpc) is 3.17. The van der Waals surface area contributed by atoms with Crippen molar-refractivity contribution in [1.29, 1.82) is 5.26 Å². The van der Waals surface area contributed by atoms with Crippen molar-refractivity contribution >= 4 is 38.5 Å². The van der Waals surface area contributed by atoms with Crippen molar-refractivity contribution in [2.75, 3.05) is 10.8 Å². The minimum absolute atomic E-state index is 0.0403. The van der Waals surface area contributed by atoms with Gasteiger partial charge >= 0.3 is 16.2 Å². The fraction of sp³-hybridized carbons (Fsp3) is 0.321. The number of rotatable bonds is 9. The zero-order valence-electron chi connectivity index (χ0n) is 20.9. The highest BCUT2D eigenvalue weighted by Crippen LogP contribution is 2.37. The van der Waals surface area contributed by atoms with Crippen molar-refractivity contribution in [2.24, 2.45) is 5.92 Å². The third-order valence-electron chi connectivity index (χ3n) is 6.37. The third-order valence-corrected chi connectivity index (χ3v) is 7.76. The number of nitriles is 1. The fourth-order valence-corrected chi connectivity index (χ4v) is 5.35. The van der Waals surface area contributed by atoms with Gasteiger partial charge in [0.2, 0.25) is 0 Å². The number of benzene rings is 3. The molecule has 8 nitrogen and oxygen atoms in total. The normalized spacial score (nSPS) is 15.3. The van der Waals surface area contributed by atoms with Gasteiger partial charge in [-0.3, -0.25) is 4.79 Å². The lowest BCUT2D eigenvalue weighted by Crippen LogP contribution is -2.30. The van der Waals surface area contributed by atoms with Gasteiger partial charge in [-0.15, -0.1) is 0 Å². The van der Waals surface area contributed by atoms with Crippen LogP contribution in [0.5, 0.6) is 5.75 Å². The Morgan fingerprint density at radius 2 is 1.81 bits per heavy atom. The summed E-state index contributed by atoms with van der Waals surface area (Å²) in [4.78, 5) is 24.9. The first kappa shape index (κ1) is 26.2. The van der Waals surface area contributed by atoms with Crippen molar-refractivity contribution in [3.05, 3.63) is 71.3 Å². The monoisotopic (exact) mass is 519 g/mol. The van der Waals surface area contributed by atoms with E-state index in [9.17, 15) is 18.0 Å². The van der Waals surface area contributed by atoms with E-state index >= 15 is 0 Å². The van der Waals surface area contributed by atoms with Crippen LogP contribution in [0, 0.1) is 17.2 Å². The molecule has 0 saturated carbocycles. The van der Waals surface area contributed by atoms with Gasteiger partial charge in [-0.2, -0.15) is 13.7 Å². The Balaban J connectivity index is 1.69. The number of aryl methyl sites for hydroxylation is 2. The highest BCUT2D eigenvalue weighted by molar-refractivity contribution is 7.92. The predicted octanol–water partition coefficient (Wildman–Crippen LogP) is 4.67. The van der Waals surface area contributed by atoms with E-state index in [0.29, 0.717) is 18.4 Å². The highest BCUT2D eigenvalue weighted by atomic mass is 32.2. The zero-order chi connectivity index (χ0) is 26.6. The second-order valence-corrected chi connectivity index (χ2v) is 10.9. The van der Waals surface area contributed by atoms with Crippen LogP contribution >= 0.6 is 0 Å². The number of hydrogen-bond donors (Lipinski definition) is 1. The molecule has 37 heavy (non-hydrogen) atoms. The Hall–Kier alpha value is -3.90. The number of unbranched alkanes of at least 4 members (excludes halogenated alkanes) is 1. The summed E-state index contributed by atoms with van der Waals surface area (Å²) < 4.78 is 33.9. The molecule has 1 amide bonds.